The molecule has 0 saturated heterocycles. The Morgan fingerprint density at radius 2 is 2.13 bits per heavy atom. The monoisotopic (exact) mass is 432 g/mol. The highest BCUT2D eigenvalue weighted by Crippen LogP contribution is 2.38. The van der Waals surface area contributed by atoms with Gasteiger partial charge in [0.05, 0.1) is 18.2 Å². The fourth-order valence-electron chi connectivity index (χ4n) is 3.08. The SMILES string of the molecule is CC(C)C[C@@H](NC(=O)c1cc(Cl)c2c(c1)OCCCO2)c1nc(-c2ncn[nH]2)no1. The lowest BCUT2D eigenvalue weighted by Crippen LogP contribution is -2.30. The molecule has 0 bridgehead atoms. The Hall–Kier alpha value is -3.14. The van der Waals surface area contributed by atoms with Crippen LogP contribution in [0.3, 0.4) is 0 Å². The normalized spacial score (nSPS) is 14.4. The van der Waals surface area contributed by atoms with E-state index in [4.69, 9.17) is 25.6 Å². The number of nitrogens with one attached hydrogen (secondary N) is 2. The number of hydrogen-bond acceptors (Lipinski definition) is 8. The Labute approximate surface area is 177 Å². The number of hydrogen-bond donors (Lipinski definition) is 2. The Kier molecular flexibility index (Phi) is 5.84. The van der Waals surface area contributed by atoms with Gasteiger partial charge < -0.3 is 19.3 Å². The molecule has 0 aliphatic carbocycles. The number of benzene rings is 1. The standard InChI is InChI=1S/C19H21ClN6O4/c1-10(2)6-13(19-24-17(26-30-19)16-21-9-22-25-16)23-18(27)11-7-12(20)15-14(8-11)28-4-3-5-29-15/h7-10,13H,3-6H2,1-2H3,(H,23,27)(H,21,22,25)/t13-/m1/s1. The van der Waals surface area contributed by atoms with Crippen molar-refractivity contribution in [1.29, 1.82) is 0 Å². The molecule has 1 aromatic carbocycles. The molecule has 0 spiro atoms. The summed E-state index contributed by atoms with van der Waals surface area (Å²) in [5.41, 5.74) is 0.355. The van der Waals surface area contributed by atoms with Crippen molar-refractivity contribution in [2.45, 2.75) is 32.7 Å². The molecular formula is C19H21ClN6O4. The van der Waals surface area contributed by atoms with Gasteiger partial charge in [0.25, 0.3) is 5.91 Å². The first kappa shape index (κ1) is 20.1. The second kappa shape index (κ2) is 8.70. The van der Waals surface area contributed by atoms with Crippen LogP contribution < -0.4 is 14.8 Å². The molecule has 11 heteroatoms. The molecule has 3 aromatic rings. The summed E-state index contributed by atoms with van der Waals surface area (Å²) in [6.07, 6.45) is 2.70. The molecule has 0 fully saturated rings. The van der Waals surface area contributed by atoms with Crippen LogP contribution >= 0.6 is 11.6 Å². The molecule has 30 heavy (non-hydrogen) atoms. The molecule has 1 aliphatic heterocycles. The van der Waals surface area contributed by atoms with E-state index in [1.54, 1.807) is 12.1 Å². The van der Waals surface area contributed by atoms with Crippen molar-refractivity contribution >= 4 is 17.5 Å². The number of aromatic nitrogens is 5. The van der Waals surface area contributed by atoms with E-state index in [1.807, 2.05) is 13.8 Å². The molecule has 158 valence electrons. The Morgan fingerprint density at radius 3 is 2.90 bits per heavy atom. The maximum Gasteiger partial charge on any atom is 0.252 e. The maximum atomic E-state index is 13.0. The average molecular weight is 433 g/mol. The Morgan fingerprint density at radius 1 is 1.30 bits per heavy atom. The molecular weight excluding hydrogens is 412 g/mol. The number of rotatable bonds is 6. The first-order valence-electron chi connectivity index (χ1n) is 9.60. The van der Waals surface area contributed by atoms with Gasteiger partial charge in [0, 0.05) is 12.0 Å². The van der Waals surface area contributed by atoms with Crippen LogP contribution in [0, 0.1) is 5.92 Å². The predicted molar refractivity (Wildman–Crippen MR) is 106 cm³/mol. The van der Waals surface area contributed by atoms with E-state index >= 15 is 0 Å². The third kappa shape index (κ3) is 4.38. The van der Waals surface area contributed by atoms with Gasteiger partial charge >= 0.3 is 0 Å². The second-order valence-electron chi connectivity index (χ2n) is 7.28. The number of carbonyl (C=O) groups excluding carboxylic acids is 1. The van der Waals surface area contributed by atoms with Crippen LogP contribution in [0.1, 0.15) is 49.0 Å². The fourth-order valence-corrected chi connectivity index (χ4v) is 3.35. The highest BCUT2D eigenvalue weighted by atomic mass is 35.5. The lowest BCUT2D eigenvalue weighted by Gasteiger charge is -2.18. The zero-order valence-electron chi connectivity index (χ0n) is 16.5. The highest BCUT2D eigenvalue weighted by Gasteiger charge is 2.25. The fraction of sp³-hybridized carbons (Fsp3) is 0.421. The van der Waals surface area contributed by atoms with Gasteiger partial charge in [0.1, 0.15) is 12.4 Å². The van der Waals surface area contributed by atoms with Crippen LogP contribution in [0.5, 0.6) is 11.5 Å². The summed E-state index contributed by atoms with van der Waals surface area (Å²) in [6.45, 7) is 5.09. The first-order valence-corrected chi connectivity index (χ1v) is 9.98. The van der Waals surface area contributed by atoms with Gasteiger partial charge in [-0.05, 0) is 24.5 Å². The van der Waals surface area contributed by atoms with Crippen LogP contribution in [-0.2, 0) is 0 Å². The molecule has 0 saturated carbocycles. The van der Waals surface area contributed by atoms with Crippen molar-refractivity contribution < 1.29 is 18.8 Å². The van der Waals surface area contributed by atoms with Crippen molar-refractivity contribution in [3.63, 3.8) is 0 Å². The van der Waals surface area contributed by atoms with Gasteiger partial charge in [0.15, 0.2) is 17.3 Å². The number of ether oxygens (including phenoxy) is 2. The molecule has 0 radical (unpaired) electrons. The maximum absolute atomic E-state index is 13.0. The molecule has 1 atom stereocenters. The largest absolute Gasteiger partial charge is 0.489 e. The van der Waals surface area contributed by atoms with E-state index in [1.165, 1.54) is 6.33 Å². The van der Waals surface area contributed by atoms with Crippen molar-refractivity contribution in [2.24, 2.45) is 5.92 Å². The van der Waals surface area contributed by atoms with E-state index in [0.29, 0.717) is 47.5 Å². The van der Waals surface area contributed by atoms with E-state index in [9.17, 15) is 4.79 Å². The van der Waals surface area contributed by atoms with E-state index < -0.39 is 6.04 Å². The van der Waals surface area contributed by atoms with Crippen LogP contribution in [0.4, 0.5) is 0 Å². The molecule has 2 N–H and O–H groups in total. The number of halogens is 1. The summed E-state index contributed by atoms with van der Waals surface area (Å²) in [5.74, 6) is 1.78. The average Bonchev–Trinajstić information content (AvgIpc) is 3.35. The topological polar surface area (TPSA) is 128 Å². The van der Waals surface area contributed by atoms with Gasteiger partial charge in [-0.2, -0.15) is 10.1 Å². The van der Waals surface area contributed by atoms with Gasteiger partial charge in [0.2, 0.25) is 11.7 Å². The molecule has 0 unspecified atom stereocenters. The first-order chi connectivity index (χ1) is 14.5. The molecule has 1 aliphatic rings. The zero-order chi connectivity index (χ0) is 21.1. The van der Waals surface area contributed by atoms with Crippen molar-refractivity contribution in [3.05, 3.63) is 34.9 Å². The van der Waals surface area contributed by atoms with Crippen molar-refractivity contribution in [1.82, 2.24) is 30.6 Å². The number of carbonyl (C=O) groups is 1. The summed E-state index contributed by atoms with van der Waals surface area (Å²) in [7, 11) is 0. The van der Waals surface area contributed by atoms with E-state index in [2.05, 4.69) is 30.6 Å². The molecule has 10 nitrogen and oxygen atoms in total. The van der Waals surface area contributed by atoms with Gasteiger partial charge in [-0.1, -0.05) is 30.6 Å². The summed E-state index contributed by atoms with van der Waals surface area (Å²) in [4.78, 5) is 21.3. The smallest absolute Gasteiger partial charge is 0.252 e. The van der Waals surface area contributed by atoms with Crippen molar-refractivity contribution in [3.8, 4) is 23.1 Å². The molecule has 1 amide bonds. The number of fused-ring (bicyclic) bond motifs is 1. The molecule has 2 aromatic heterocycles. The van der Waals surface area contributed by atoms with Gasteiger partial charge in [-0.3, -0.25) is 9.89 Å². The predicted octanol–water partition coefficient (Wildman–Crippen LogP) is 3.19. The number of amides is 1. The lowest BCUT2D eigenvalue weighted by molar-refractivity contribution is 0.0921. The second-order valence-corrected chi connectivity index (χ2v) is 7.69. The summed E-state index contributed by atoms with van der Waals surface area (Å²) >= 11 is 6.32. The minimum absolute atomic E-state index is 0.267. The quantitative estimate of drug-likeness (QED) is 0.607. The van der Waals surface area contributed by atoms with Crippen molar-refractivity contribution in [2.75, 3.05) is 13.2 Å². The summed E-state index contributed by atoms with van der Waals surface area (Å²) < 4.78 is 16.7. The number of aromatic amines is 1. The highest BCUT2D eigenvalue weighted by molar-refractivity contribution is 6.32. The third-order valence-electron chi connectivity index (χ3n) is 4.44. The lowest BCUT2D eigenvalue weighted by atomic mass is 10.0. The Balaban J connectivity index is 1.57. The van der Waals surface area contributed by atoms with E-state index in [0.717, 1.165) is 6.42 Å². The minimum atomic E-state index is -0.489. The third-order valence-corrected chi connectivity index (χ3v) is 4.72. The molecule has 3 heterocycles. The number of H-pyrrole nitrogens is 1. The van der Waals surface area contributed by atoms with Crippen LogP contribution in [0.15, 0.2) is 23.0 Å². The van der Waals surface area contributed by atoms with Crippen LogP contribution in [0.25, 0.3) is 11.6 Å². The molecule has 4 rings (SSSR count). The Bertz CT molecular complexity index is 1020. The summed E-state index contributed by atoms with van der Waals surface area (Å²) in [6, 6.07) is 2.70. The zero-order valence-corrected chi connectivity index (χ0v) is 17.3. The van der Waals surface area contributed by atoms with Crippen LogP contribution in [-0.4, -0.2) is 44.4 Å². The number of nitrogens with zero attached hydrogens (tertiary/aromatic N) is 4. The summed E-state index contributed by atoms with van der Waals surface area (Å²) in [5, 5.41) is 13.7. The minimum Gasteiger partial charge on any atom is -0.489 e. The van der Waals surface area contributed by atoms with E-state index in [-0.39, 0.29) is 23.5 Å². The van der Waals surface area contributed by atoms with Crippen LogP contribution in [0.2, 0.25) is 5.02 Å². The van der Waals surface area contributed by atoms with Gasteiger partial charge in [-0.25, -0.2) is 4.98 Å². The van der Waals surface area contributed by atoms with Gasteiger partial charge in [-0.15, -0.1) is 0 Å².